The van der Waals surface area contributed by atoms with Gasteiger partial charge in [0.2, 0.25) is 0 Å². The van der Waals surface area contributed by atoms with Crippen molar-refractivity contribution in [1.29, 1.82) is 0 Å². The van der Waals surface area contributed by atoms with Crippen molar-refractivity contribution in [2.45, 2.75) is 40.0 Å². The molecule has 5 nitrogen and oxygen atoms in total. The van der Waals surface area contributed by atoms with E-state index in [0.29, 0.717) is 11.5 Å². The first-order chi connectivity index (χ1) is 11.1. The number of carbonyl (C=O) groups excluding carboxylic acids is 1. The van der Waals surface area contributed by atoms with Crippen molar-refractivity contribution in [2.24, 2.45) is 0 Å². The van der Waals surface area contributed by atoms with Gasteiger partial charge < -0.3 is 10.6 Å². The number of aryl methyl sites for hydroxylation is 2. The molecule has 0 radical (unpaired) electrons. The second-order valence-corrected chi connectivity index (χ2v) is 5.64. The molecule has 2 N–H and O–H groups in total. The fourth-order valence-corrected chi connectivity index (χ4v) is 2.32. The zero-order chi connectivity index (χ0) is 16.7. The predicted octanol–water partition coefficient (Wildman–Crippen LogP) is 3.95. The summed E-state index contributed by atoms with van der Waals surface area (Å²) >= 11 is 0. The van der Waals surface area contributed by atoms with E-state index in [1.54, 1.807) is 6.20 Å². The van der Waals surface area contributed by atoms with E-state index in [1.807, 2.05) is 32.0 Å². The average Bonchev–Trinajstić information content (AvgIpc) is 2.55. The number of amides is 1. The highest BCUT2D eigenvalue weighted by molar-refractivity contribution is 6.03. The van der Waals surface area contributed by atoms with Gasteiger partial charge in [0.15, 0.2) is 0 Å². The van der Waals surface area contributed by atoms with Gasteiger partial charge in [-0.3, -0.25) is 4.79 Å². The van der Waals surface area contributed by atoms with Crippen LogP contribution in [0.3, 0.4) is 0 Å². The van der Waals surface area contributed by atoms with Gasteiger partial charge in [0.1, 0.15) is 11.5 Å². The predicted molar refractivity (Wildman–Crippen MR) is 93.9 cm³/mol. The number of unbranched alkanes of at least 4 members (excludes halogenated alkanes) is 2. The molecular formula is C18H24N4O. The number of para-hydroxylation sites is 1. The van der Waals surface area contributed by atoms with Crippen molar-refractivity contribution in [2.75, 3.05) is 17.2 Å². The summed E-state index contributed by atoms with van der Waals surface area (Å²) in [5, 5.41) is 6.12. The molecule has 1 heterocycles. The molecule has 0 bridgehead atoms. The number of nitrogens with zero attached hydrogens (tertiary/aromatic N) is 2. The van der Waals surface area contributed by atoms with Gasteiger partial charge >= 0.3 is 0 Å². The van der Waals surface area contributed by atoms with Gasteiger partial charge in [0.05, 0.1) is 12.4 Å². The van der Waals surface area contributed by atoms with Gasteiger partial charge in [-0.05, 0) is 31.4 Å². The highest BCUT2D eigenvalue weighted by Gasteiger charge is 2.11. The molecule has 122 valence electrons. The Kier molecular flexibility index (Phi) is 6.09. The van der Waals surface area contributed by atoms with E-state index in [2.05, 4.69) is 27.5 Å². The van der Waals surface area contributed by atoms with Crippen LogP contribution in [-0.2, 0) is 0 Å². The van der Waals surface area contributed by atoms with Gasteiger partial charge in [-0.25, -0.2) is 9.97 Å². The number of rotatable bonds is 7. The summed E-state index contributed by atoms with van der Waals surface area (Å²) in [7, 11) is 0. The Morgan fingerprint density at radius 2 is 1.83 bits per heavy atom. The number of hydrogen-bond donors (Lipinski definition) is 2. The van der Waals surface area contributed by atoms with E-state index in [0.717, 1.165) is 29.8 Å². The Hall–Kier alpha value is -2.43. The Balaban J connectivity index is 1.97. The van der Waals surface area contributed by atoms with Crippen LogP contribution in [0.25, 0.3) is 0 Å². The third kappa shape index (κ3) is 4.77. The van der Waals surface area contributed by atoms with Crippen LogP contribution in [-0.4, -0.2) is 22.4 Å². The SMILES string of the molecule is CCCCCNc1cnc(C(=O)Nc2c(C)cccc2C)cn1. The lowest BCUT2D eigenvalue weighted by molar-refractivity contribution is 0.102. The molecule has 0 unspecified atom stereocenters. The lowest BCUT2D eigenvalue weighted by Crippen LogP contribution is -2.16. The van der Waals surface area contributed by atoms with E-state index in [9.17, 15) is 4.79 Å². The van der Waals surface area contributed by atoms with Crippen LogP contribution >= 0.6 is 0 Å². The molecule has 0 atom stereocenters. The summed E-state index contributed by atoms with van der Waals surface area (Å²) in [6.45, 7) is 6.98. The van der Waals surface area contributed by atoms with Crippen LogP contribution in [0, 0.1) is 13.8 Å². The fourth-order valence-electron chi connectivity index (χ4n) is 2.32. The molecule has 0 aliphatic carbocycles. The van der Waals surface area contributed by atoms with Crippen LogP contribution in [0.2, 0.25) is 0 Å². The van der Waals surface area contributed by atoms with Crippen LogP contribution < -0.4 is 10.6 Å². The van der Waals surface area contributed by atoms with Gasteiger partial charge in [-0.1, -0.05) is 38.0 Å². The van der Waals surface area contributed by atoms with Crippen molar-refractivity contribution in [1.82, 2.24) is 9.97 Å². The molecule has 0 fully saturated rings. The van der Waals surface area contributed by atoms with Crippen LogP contribution in [0.15, 0.2) is 30.6 Å². The molecule has 2 aromatic rings. The second kappa shape index (κ2) is 8.27. The average molecular weight is 312 g/mol. The quantitative estimate of drug-likeness (QED) is 0.760. The number of hydrogen-bond acceptors (Lipinski definition) is 4. The van der Waals surface area contributed by atoms with Gasteiger partial charge in [0.25, 0.3) is 5.91 Å². The standard InChI is InChI=1S/C18H24N4O/c1-4-5-6-10-19-16-12-20-15(11-21-16)18(23)22-17-13(2)8-7-9-14(17)3/h7-9,11-12H,4-6,10H2,1-3H3,(H,19,21)(H,22,23). The molecule has 1 aromatic carbocycles. The molecule has 0 spiro atoms. The smallest absolute Gasteiger partial charge is 0.275 e. The van der Waals surface area contributed by atoms with Gasteiger partial charge in [0, 0.05) is 12.2 Å². The lowest BCUT2D eigenvalue weighted by Gasteiger charge is -2.11. The maximum atomic E-state index is 12.3. The van der Waals surface area contributed by atoms with Crippen molar-refractivity contribution in [3.63, 3.8) is 0 Å². The molecule has 1 aromatic heterocycles. The summed E-state index contributed by atoms with van der Waals surface area (Å²) in [4.78, 5) is 20.7. The fraction of sp³-hybridized carbons (Fsp3) is 0.389. The highest BCUT2D eigenvalue weighted by Crippen LogP contribution is 2.20. The summed E-state index contributed by atoms with van der Waals surface area (Å²) in [5.74, 6) is 0.456. The first-order valence-electron chi connectivity index (χ1n) is 8.05. The minimum atomic E-state index is -0.243. The Morgan fingerprint density at radius 1 is 1.09 bits per heavy atom. The number of carbonyl (C=O) groups is 1. The molecule has 0 saturated heterocycles. The molecule has 1 amide bonds. The van der Waals surface area contributed by atoms with Crippen molar-refractivity contribution in [3.05, 3.63) is 47.4 Å². The monoisotopic (exact) mass is 312 g/mol. The van der Waals surface area contributed by atoms with Crippen LogP contribution in [0.1, 0.15) is 47.8 Å². The molecule has 0 aliphatic rings. The first kappa shape index (κ1) is 16.9. The first-order valence-corrected chi connectivity index (χ1v) is 8.05. The Morgan fingerprint density at radius 3 is 2.43 bits per heavy atom. The van der Waals surface area contributed by atoms with Crippen molar-refractivity contribution >= 4 is 17.4 Å². The summed E-state index contributed by atoms with van der Waals surface area (Å²) in [5.41, 5.74) is 3.20. The molecule has 0 aliphatic heterocycles. The van der Waals surface area contributed by atoms with Crippen molar-refractivity contribution < 1.29 is 4.79 Å². The van der Waals surface area contributed by atoms with Gasteiger partial charge in [-0.15, -0.1) is 0 Å². The van der Waals surface area contributed by atoms with E-state index in [4.69, 9.17) is 0 Å². The van der Waals surface area contributed by atoms with E-state index in [1.165, 1.54) is 19.0 Å². The minimum absolute atomic E-state index is 0.243. The van der Waals surface area contributed by atoms with Crippen LogP contribution in [0.4, 0.5) is 11.5 Å². The van der Waals surface area contributed by atoms with E-state index in [-0.39, 0.29) is 5.91 Å². The Labute approximate surface area is 137 Å². The van der Waals surface area contributed by atoms with Crippen molar-refractivity contribution in [3.8, 4) is 0 Å². The summed E-state index contributed by atoms with van der Waals surface area (Å²) in [6, 6.07) is 5.91. The number of anilines is 2. The number of benzene rings is 1. The topological polar surface area (TPSA) is 66.9 Å². The summed E-state index contributed by atoms with van der Waals surface area (Å²) < 4.78 is 0. The third-order valence-electron chi connectivity index (χ3n) is 3.69. The normalized spacial score (nSPS) is 10.4. The maximum Gasteiger partial charge on any atom is 0.275 e. The highest BCUT2D eigenvalue weighted by atomic mass is 16.1. The number of aromatic nitrogens is 2. The van der Waals surface area contributed by atoms with E-state index < -0.39 is 0 Å². The molecule has 0 saturated carbocycles. The molecule has 23 heavy (non-hydrogen) atoms. The molecule has 2 rings (SSSR count). The maximum absolute atomic E-state index is 12.3. The van der Waals surface area contributed by atoms with E-state index >= 15 is 0 Å². The lowest BCUT2D eigenvalue weighted by atomic mass is 10.1. The largest absolute Gasteiger partial charge is 0.369 e. The zero-order valence-corrected chi connectivity index (χ0v) is 14.0. The zero-order valence-electron chi connectivity index (χ0n) is 14.0. The molecule has 5 heteroatoms. The number of nitrogens with one attached hydrogen (secondary N) is 2. The second-order valence-electron chi connectivity index (χ2n) is 5.64. The summed E-state index contributed by atoms with van der Waals surface area (Å²) in [6.07, 6.45) is 6.59. The minimum Gasteiger partial charge on any atom is -0.369 e. The van der Waals surface area contributed by atoms with Crippen LogP contribution in [0.5, 0.6) is 0 Å². The molecular weight excluding hydrogens is 288 g/mol. The third-order valence-corrected chi connectivity index (χ3v) is 3.69. The van der Waals surface area contributed by atoms with Gasteiger partial charge in [-0.2, -0.15) is 0 Å². The Bertz CT molecular complexity index is 632.